The number of hydrogen-bond donors (Lipinski definition) is 2. The van der Waals surface area contributed by atoms with E-state index in [1.165, 1.54) is 5.56 Å². The fourth-order valence-corrected chi connectivity index (χ4v) is 1.93. The third-order valence-corrected chi connectivity index (χ3v) is 2.86. The monoisotopic (exact) mass is 257 g/mol. The molecular formula is C14H19N5. The summed E-state index contributed by atoms with van der Waals surface area (Å²) in [4.78, 5) is 10.3. The predicted octanol–water partition coefficient (Wildman–Crippen LogP) is 2.06. The Morgan fingerprint density at radius 2 is 1.79 bits per heavy atom. The molecule has 4 N–H and O–H groups in total. The third-order valence-electron chi connectivity index (χ3n) is 2.86. The molecule has 0 atom stereocenters. The number of anilines is 3. The van der Waals surface area contributed by atoms with Crippen molar-refractivity contribution in [1.82, 2.24) is 9.97 Å². The Kier molecular flexibility index (Phi) is 3.85. The van der Waals surface area contributed by atoms with Gasteiger partial charge < -0.3 is 16.4 Å². The fraction of sp³-hybridized carbons (Fsp3) is 0.286. The molecule has 2 rings (SSSR count). The molecule has 1 aromatic heterocycles. The van der Waals surface area contributed by atoms with Crippen LogP contribution in [0.25, 0.3) is 0 Å². The van der Waals surface area contributed by atoms with E-state index in [1.807, 2.05) is 18.2 Å². The van der Waals surface area contributed by atoms with E-state index in [1.54, 1.807) is 6.07 Å². The van der Waals surface area contributed by atoms with Crippen LogP contribution in [0.5, 0.6) is 0 Å². The topological polar surface area (TPSA) is 81.1 Å². The van der Waals surface area contributed by atoms with E-state index in [0.717, 1.165) is 12.4 Å². The van der Waals surface area contributed by atoms with E-state index in [4.69, 9.17) is 11.5 Å². The predicted molar refractivity (Wildman–Crippen MR) is 78.6 cm³/mol. The lowest BCUT2D eigenvalue weighted by Crippen LogP contribution is -2.31. The van der Waals surface area contributed by atoms with Crippen molar-refractivity contribution in [2.24, 2.45) is 0 Å². The maximum atomic E-state index is 5.73. The molecule has 1 heterocycles. The number of benzene rings is 1. The molecule has 100 valence electrons. The molecular weight excluding hydrogens is 238 g/mol. The number of aromatic nitrogens is 2. The van der Waals surface area contributed by atoms with Crippen LogP contribution in [0.4, 0.5) is 17.6 Å². The molecule has 0 amide bonds. The van der Waals surface area contributed by atoms with Crippen LogP contribution in [0.1, 0.15) is 19.4 Å². The average Bonchev–Trinajstić information content (AvgIpc) is 2.35. The van der Waals surface area contributed by atoms with E-state index < -0.39 is 0 Å². The minimum atomic E-state index is 0.203. The summed E-state index contributed by atoms with van der Waals surface area (Å²) in [5.41, 5.74) is 12.6. The maximum Gasteiger partial charge on any atom is 0.223 e. The van der Waals surface area contributed by atoms with Gasteiger partial charge in [0, 0.05) is 18.7 Å². The van der Waals surface area contributed by atoms with Gasteiger partial charge in [0.2, 0.25) is 5.95 Å². The van der Waals surface area contributed by atoms with Gasteiger partial charge in [-0.25, -0.2) is 0 Å². The number of hydrogen-bond acceptors (Lipinski definition) is 5. The summed E-state index contributed by atoms with van der Waals surface area (Å²) < 4.78 is 0. The molecule has 0 unspecified atom stereocenters. The van der Waals surface area contributed by atoms with E-state index in [2.05, 4.69) is 40.8 Å². The fourth-order valence-electron chi connectivity index (χ4n) is 1.93. The lowest BCUT2D eigenvalue weighted by atomic mass is 10.2. The molecule has 0 bridgehead atoms. The number of nitrogens with two attached hydrogens (primary N) is 2. The average molecular weight is 257 g/mol. The van der Waals surface area contributed by atoms with Crippen LogP contribution in [0.2, 0.25) is 0 Å². The number of nitrogens with zero attached hydrogens (tertiary/aromatic N) is 3. The smallest absolute Gasteiger partial charge is 0.223 e. The first-order valence-corrected chi connectivity index (χ1v) is 6.27. The van der Waals surface area contributed by atoms with Crippen LogP contribution in [-0.4, -0.2) is 16.0 Å². The Morgan fingerprint density at radius 3 is 2.37 bits per heavy atom. The standard InChI is InChI=1S/C14H19N5/c1-10(2)19(9-11-6-4-3-5-7-11)13-8-12(15)17-14(16)18-13/h3-8,10H,9H2,1-2H3,(H4,15,16,17,18). The third kappa shape index (κ3) is 3.34. The van der Waals surface area contributed by atoms with Crippen LogP contribution in [0, 0.1) is 0 Å². The minimum Gasteiger partial charge on any atom is -0.383 e. The Labute approximate surface area is 113 Å². The van der Waals surface area contributed by atoms with Gasteiger partial charge in [-0.2, -0.15) is 9.97 Å². The molecule has 2 aromatic rings. The van der Waals surface area contributed by atoms with Gasteiger partial charge in [0.15, 0.2) is 0 Å². The highest BCUT2D eigenvalue weighted by molar-refractivity contribution is 5.51. The summed E-state index contributed by atoms with van der Waals surface area (Å²) in [5, 5.41) is 0. The van der Waals surface area contributed by atoms with Crippen LogP contribution in [-0.2, 0) is 6.54 Å². The zero-order valence-corrected chi connectivity index (χ0v) is 11.2. The van der Waals surface area contributed by atoms with Gasteiger partial charge in [-0.15, -0.1) is 0 Å². The van der Waals surface area contributed by atoms with Crippen molar-refractivity contribution >= 4 is 17.6 Å². The Bertz CT molecular complexity index is 519. The van der Waals surface area contributed by atoms with Crippen molar-refractivity contribution in [3.05, 3.63) is 42.0 Å². The highest BCUT2D eigenvalue weighted by atomic mass is 15.2. The molecule has 19 heavy (non-hydrogen) atoms. The Morgan fingerprint density at radius 1 is 1.11 bits per heavy atom. The van der Waals surface area contributed by atoms with Gasteiger partial charge in [-0.1, -0.05) is 30.3 Å². The van der Waals surface area contributed by atoms with Gasteiger partial charge in [0.1, 0.15) is 11.6 Å². The molecule has 1 aromatic carbocycles. The lowest BCUT2D eigenvalue weighted by molar-refractivity contribution is 0.672. The minimum absolute atomic E-state index is 0.203. The van der Waals surface area contributed by atoms with Gasteiger partial charge in [0.25, 0.3) is 0 Å². The second-order valence-electron chi connectivity index (χ2n) is 4.72. The van der Waals surface area contributed by atoms with E-state index >= 15 is 0 Å². The first-order chi connectivity index (χ1) is 9.06. The van der Waals surface area contributed by atoms with Crippen LogP contribution >= 0.6 is 0 Å². The quantitative estimate of drug-likeness (QED) is 0.876. The SMILES string of the molecule is CC(C)N(Cc1ccccc1)c1cc(N)nc(N)n1. The summed E-state index contributed by atoms with van der Waals surface area (Å²) in [5.74, 6) is 1.35. The summed E-state index contributed by atoms with van der Waals surface area (Å²) in [6.45, 7) is 4.98. The molecule has 0 aliphatic carbocycles. The molecule has 5 nitrogen and oxygen atoms in total. The second kappa shape index (κ2) is 5.56. The summed E-state index contributed by atoms with van der Waals surface area (Å²) in [6.07, 6.45) is 0. The zero-order valence-electron chi connectivity index (χ0n) is 11.2. The van der Waals surface area contributed by atoms with Crippen molar-refractivity contribution in [2.45, 2.75) is 26.4 Å². The van der Waals surface area contributed by atoms with Crippen LogP contribution < -0.4 is 16.4 Å². The zero-order chi connectivity index (χ0) is 13.8. The highest BCUT2D eigenvalue weighted by Crippen LogP contribution is 2.20. The van der Waals surface area contributed by atoms with Crippen molar-refractivity contribution in [2.75, 3.05) is 16.4 Å². The van der Waals surface area contributed by atoms with Gasteiger partial charge in [-0.3, -0.25) is 0 Å². The molecule has 0 saturated heterocycles. The molecule has 0 aliphatic rings. The van der Waals surface area contributed by atoms with Crippen molar-refractivity contribution in [3.8, 4) is 0 Å². The van der Waals surface area contributed by atoms with Gasteiger partial charge in [0.05, 0.1) is 0 Å². The number of rotatable bonds is 4. The second-order valence-corrected chi connectivity index (χ2v) is 4.72. The van der Waals surface area contributed by atoms with Crippen molar-refractivity contribution in [1.29, 1.82) is 0 Å². The lowest BCUT2D eigenvalue weighted by Gasteiger charge is -2.28. The summed E-state index contributed by atoms with van der Waals surface area (Å²) >= 11 is 0. The van der Waals surface area contributed by atoms with E-state index in [9.17, 15) is 0 Å². The summed E-state index contributed by atoms with van der Waals surface area (Å²) in [7, 11) is 0. The molecule has 0 radical (unpaired) electrons. The van der Waals surface area contributed by atoms with Crippen molar-refractivity contribution < 1.29 is 0 Å². The largest absolute Gasteiger partial charge is 0.383 e. The van der Waals surface area contributed by atoms with E-state index in [0.29, 0.717) is 5.82 Å². The molecule has 0 saturated carbocycles. The van der Waals surface area contributed by atoms with Gasteiger partial charge in [-0.05, 0) is 19.4 Å². The molecule has 0 spiro atoms. The Hall–Kier alpha value is -2.30. The first kappa shape index (κ1) is 13.1. The normalized spacial score (nSPS) is 10.7. The Balaban J connectivity index is 2.30. The maximum absolute atomic E-state index is 5.73. The van der Waals surface area contributed by atoms with Crippen LogP contribution in [0.15, 0.2) is 36.4 Å². The van der Waals surface area contributed by atoms with E-state index in [-0.39, 0.29) is 12.0 Å². The molecule has 0 aliphatic heterocycles. The van der Waals surface area contributed by atoms with Crippen molar-refractivity contribution in [3.63, 3.8) is 0 Å². The molecule has 0 fully saturated rings. The van der Waals surface area contributed by atoms with Crippen LogP contribution in [0.3, 0.4) is 0 Å². The highest BCUT2D eigenvalue weighted by Gasteiger charge is 2.14. The summed E-state index contributed by atoms with van der Waals surface area (Å²) in [6, 6.07) is 12.3. The van der Waals surface area contributed by atoms with Gasteiger partial charge >= 0.3 is 0 Å². The molecule has 5 heteroatoms. The first-order valence-electron chi connectivity index (χ1n) is 6.27. The number of nitrogen functional groups attached to an aromatic ring is 2.